The Labute approximate surface area is 165 Å². The lowest BCUT2D eigenvalue weighted by Gasteiger charge is -2.27. The number of carbonyl (C=O) groups excluding carboxylic acids is 1. The summed E-state index contributed by atoms with van der Waals surface area (Å²) in [4.78, 5) is 45.6. The Morgan fingerprint density at radius 1 is 1.21 bits per heavy atom. The van der Waals surface area contributed by atoms with Crippen molar-refractivity contribution in [2.45, 2.75) is 13.3 Å². The standard InChI is InChI=1S/C21H19FN4O3/c1-12-11-16(17-18(23-12)25(2)21(29)24-19(17)27)20(28)26-9-7-14(8-10-26)13-3-5-15(22)6-4-13/h3-7,11H,8-10H2,1-2H3,(H,24,27,29). The first-order valence-electron chi connectivity index (χ1n) is 9.20. The van der Waals surface area contributed by atoms with Gasteiger partial charge in [-0.05, 0) is 42.7 Å². The van der Waals surface area contributed by atoms with Crippen LogP contribution >= 0.6 is 0 Å². The van der Waals surface area contributed by atoms with Crippen LogP contribution < -0.4 is 11.2 Å². The number of aromatic nitrogens is 3. The predicted octanol–water partition coefficient (Wildman–Crippen LogP) is 2.00. The first kappa shape index (κ1) is 18.8. The Hall–Kier alpha value is -3.55. The van der Waals surface area contributed by atoms with Gasteiger partial charge in [-0.25, -0.2) is 14.2 Å². The number of hydrogen-bond acceptors (Lipinski definition) is 4. The van der Waals surface area contributed by atoms with Crippen LogP contribution in [0.4, 0.5) is 4.39 Å². The zero-order valence-electron chi connectivity index (χ0n) is 16.0. The van der Waals surface area contributed by atoms with Gasteiger partial charge in [0.25, 0.3) is 11.5 Å². The third-order valence-electron chi connectivity index (χ3n) is 5.14. The summed E-state index contributed by atoms with van der Waals surface area (Å²) in [6.45, 7) is 2.55. The number of fused-ring (bicyclic) bond motifs is 1. The van der Waals surface area contributed by atoms with E-state index in [1.54, 1.807) is 30.0 Å². The van der Waals surface area contributed by atoms with Crippen molar-refractivity contribution in [1.29, 1.82) is 0 Å². The molecule has 1 amide bonds. The summed E-state index contributed by atoms with van der Waals surface area (Å²) in [5.41, 5.74) is 1.72. The number of H-pyrrole nitrogens is 1. The van der Waals surface area contributed by atoms with Crippen molar-refractivity contribution in [3.63, 3.8) is 0 Å². The Bertz CT molecular complexity index is 1270. The van der Waals surface area contributed by atoms with Gasteiger partial charge in [-0.3, -0.25) is 19.1 Å². The number of hydrogen-bond donors (Lipinski definition) is 1. The van der Waals surface area contributed by atoms with Crippen molar-refractivity contribution < 1.29 is 9.18 Å². The molecule has 0 radical (unpaired) electrons. The van der Waals surface area contributed by atoms with Gasteiger partial charge >= 0.3 is 5.69 Å². The molecule has 148 valence electrons. The first-order valence-corrected chi connectivity index (χ1v) is 9.20. The molecule has 8 heteroatoms. The quantitative estimate of drug-likeness (QED) is 0.720. The van der Waals surface area contributed by atoms with E-state index < -0.39 is 11.2 Å². The molecule has 1 aromatic carbocycles. The second-order valence-electron chi connectivity index (χ2n) is 7.07. The number of benzene rings is 1. The second kappa shape index (κ2) is 7.12. The van der Waals surface area contributed by atoms with Crippen LogP contribution in [0, 0.1) is 12.7 Å². The van der Waals surface area contributed by atoms with Gasteiger partial charge in [-0.1, -0.05) is 18.2 Å². The smallest absolute Gasteiger partial charge is 0.329 e. The molecule has 1 N–H and O–H groups in total. The van der Waals surface area contributed by atoms with E-state index in [0.717, 1.165) is 11.1 Å². The lowest BCUT2D eigenvalue weighted by Crippen LogP contribution is -2.36. The number of aromatic amines is 1. The summed E-state index contributed by atoms with van der Waals surface area (Å²) in [7, 11) is 1.50. The highest BCUT2D eigenvalue weighted by Gasteiger charge is 2.24. The van der Waals surface area contributed by atoms with Crippen molar-refractivity contribution in [2.24, 2.45) is 7.05 Å². The number of nitrogens with zero attached hydrogens (tertiary/aromatic N) is 3. The summed E-state index contributed by atoms with van der Waals surface area (Å²) in [6.07, 6.45) is 2.55. The number of pyridine rings is 1. The predicted molar refractivity (Wildman–Crippen MR) is 107 cm³/mol. The van der Waals surface area contributed by atoms with E-state index in [2.05, 4.69) is 9.97 Å². The van der Waals surface area contributed by atoms with Crippen molar-refractivity contribution in [3.05, 3.63) is 79.9 Å². The monoisotopic (exact) mass is 394 g/mol. The third-order valence-corrected chi connectivity index (χ3v) is 5.14. The fourth-order valence-electron chi connectivity index (χ4n) is 3.58. The van der Waals surface area contributed by atoms with E-state index in [0.29, 0.717) is 25.2 Å². The minimum absolute atomic E-state index is 0.107. The highest BCUT2D eigenvalue weighted by atomic mass is 19.1. The van der Waals surface area contributed by atoms with Crippen LogP contribution in [0.15, 0.2) is 46.0 Å². The van der Waals surface area contributed by atoms with Gasteiger partial charge in [0, 0.05) is 25.8 Å². The summed E-state index contributed by atoms with van der Waals surface area (Å²) < 4.78 is 14.4. The normalized spacial score (nSPS) is 14.2. The largest absolute Gasteiger partial charge is 0.335 e. The van der Waals surface area contributed by atoms with Crippen LogP contribution in [0.25, 0.3) is 16.6 Å². The maximum absolute atomic E-state index is 13.2. The number of carbonyl (C=O) groups is 1. The minimum atomic E-state index is -0.626. The summed E-state index contributed by atoms with van der Waals surface area (Å²) >= 11 is 0. The molecule has 3 heterocycles. The Kier molecular flexibility index (Phi) is 4.62. The average Bonchev–Trinajstić information content (AvgIpc) is 2.71. The topological polar surface area (TPSA) is 88.1 Å². The van der Waals surface area contributed by atoms with Crippen LogP contribution in [-0.2, 0) is 7.05 Å². The number of nitrogens with one attached hydrogen (secondary N) is 1. The fourth-order valence-corrected chi connectivity index (χ4v) is 3.58. The molecule has 29 heavy (non-hydrogen) atoms. The van der Waals surface area contributed by atoms with Crippen LogP contribution in [0.3, 0.4) is 0 Å². The molecule has 2 aromatic heterocycles. The maximum atomic E-state index is 13.2. The van der Waals surface area contributed by atoms with Crippen LogP contribution in [-0.4, -0.2) is 38.4 Å². The molecule has 7 nitrogen and oxygen atoms in total. The lowest BCUT2D eigenvalue weighted by atomic mass is 9.99. The molecule has 0 saturated carbocycles. The van der Waals surface area contributed by atoms with Crippen molar-refractivity contribution in [1.82, 2.24) is 19.4 Å². The lowest BCUT2D eigenvalue weighted by molar-refractivity contribution is 0.0774. The van der Waals surface area contributed by atoms with Crippen molar-refractivity contribution >= 4 is 22.5 Å². The first-order chi connectivity index (χ1) is 13.8. The fraction of sp³-hybridized carbons (Fsp3) is 0.238. The van der Waals surface area contributed by atoms with Gasteiger partial charge in [0.15, 0.2) is 0 Å². The van der Waals surface area contributed by atoms with Gasteiger partial charge < -0.3 is 4.90 Å². The van der Waals surface area contributed by atoms with E-state index in [1.165, 1.54) is 23.7 Å². The zero-order chi connectivity index (χ0) is 20.7. The van der Waals surface area contributed by atoms with Gasteiger partial charge in [-0.2, -0.15) is 0 Å². The van der Waals surface area contributed by atoms with Crippen LogP contribution in [0.2, 0.25) is 0 Å². The number of amides is 1. The molecule has 0 bridgehead atoms. The third kappa shape index (κ3) is 3.37. The summed E-state index contributed by atoms with van der Waals surface area (Å²) in [5.74, 6) is -0.583. The molecule has 0 aliphatic carbocycles. The number of aryl methyl sites for hydroxylation is 2. The maximum Gasteiger partial charge on any atom is 0.329 e. The SMILES string of the molecule is Cc1cc(C(=O)N2CC=C(c3ccc(F)cc3)CC2)c2c(=O)[nH]c(=O)n(C)c2n1. The molecule has 3 aromatic rings. The molecule has 0 spiro atoms. The highest BCUT2D eigenvalue weighted by Crippen LogP contribution is 2.24. The van der Waals surface area contributed by atoms with E-state index in [1.807, 2.05) is 6.08 Å². The molecular formula is C21H19FN4O3. The molecule has 0 fully saturated rings. The van der Waals surface area contributed by atoms with Gasteiger partial charge in [0.05, 0.1) is 10.9 Å². The van der Waals surface area contributed by atoms with Crippen molar-refractivity contribution in [2.75, 3.05) is 13.1 Å². The van der Waals surface area contributed by atoms with E-state index in [4.69, 9.17) is 0 Å². The molecule has 1 aliphatic rings. The Morgan fingerprint density at radius 3 is 2.59 bits per heavy atom. The molecule has 0 unspecified atom stereocenters. The van der Waals surface area contributed by atoms with Gasteiger partial charge in [0.2, 0.25) is 0 Å². The highest BCUT2D eigenvalue weighted by molar-refractivity contribution is 6.05. The second-order valence-corrected chi connectivity index (χ2v) is 7.07. The van der Waals surface area contributed by atoms with E-state index in [-0.39, 0.29) is 28.3 Å². The summed E-state index contributed by atoms with van der Waals surface area (Å²) in [5, 5.41) is 0.107. The Balaban J connectivity index is 1.70. The minimum Gasteiger partial charge on any atom is -0.335 e. The van der Waals surface area contributed by atoms with Crippen molar-refractivity contribution in [3.8, 4) is 0 Å². The van der Waals surface area contributed by atoms with Gasteiger partial charge in [-0.15, -0.1) is 0 Å². The summed E-state index contributed by atoms with van der Waals surface area (Å²) in [6, 6.07) is 7.84. The zero-order valence-corrected chi connectivity index (χ0v) is 16.0. The van der Waals surface area contributed by atoms with Crippen LogP contribution in [0.1, 0.15) is 28.0 Å². The molecule has 4 rings (SSSR count). The molecule has 0 saturated heterocycles. The number of rotatable bonds is 2. The Morgan fingerprint density at radius 2 is 1.93 bits per heavy atom. The van der Waals surface area contributed by atoms with E-state index in [9.17, 15) is 18.8 Å². The molecule has 0 atom stereocenters. The average molecular weight is 394 g/mol. The van der Waals surface area contributed by atoms with Crippen LogP contribution in [0.5, 0.6) is 0 Å². The van der Waals surface area contributed by atoms with Gasteiger partial charge in [0.1, 0.15) is 11.5 Å². The molecular weight excluding hydrogens is 375 g/mol. The van der Waals surface area contributed by atoms with E-state index >= 15 is 0 Å². The molecule has 1 aliphatic heterocycles. The number of halogens is 1.